The van der Waals surface area contributed by atoms with E-state index >= 15 is 0 Å². The van der Waals surface area contributed by atoms with Gasteiger partial charge in [0.1, 0.15) is 11.2 Å². The fourth-order valence-electron chi connectivity index (χ4n) is 2.46. The van der Waals surface area contributed by atoms with Crippen molar-refractivity contribution in [2.45, 2.75) is 71.6 Å². The Kier molecular flexibility index (Phi) is 8.54. The van der Waals surface area contributed by atoms with E-state index in [2.05, 4.69) is 11.9 Å². The second-order valence-corrected chi connectivity index (χ2v) is 8.62. The summed E-state index contributed by atoms with van der Waals surface area (Å²) >= 11 is 0. The lowest BCUT2D eigenvalue weighted by molar-refractivity contribution is 0.0503. The molecule has 1 atom stereocenters. The van der Waals surface area contributed by atoms with Crippen molar-refractivity contribution in [2.75, 3.05) is 11.4 Å². The Labute approximate surface area is 168 Å². The lowest BCUT2D eigenvalue weighted by Gasteiger charge is -2.29. The van der Waals surface area contributed by atoms with Crippen LogP contribution in [-0.4, -0.2) is 36.0 Å². The van der Waals surface area contributed by atoms with Gasteiger partial charge < -0.3 is 14.8 Å². The number of hydrogen-bond acceptors (Lipinski definition) is 4. The zero-order chi connectivity index (χ0) is 21.4. The number of carbonyl (C=O) groups is 2. The molecule has 0 aliphatic rings. The molecule has 0 fully saturated rings. The predicted octanol–water partition coefficient (Wildman–Crippen LogP) is 5.29. The first-order chi connectivity index (χ1) is 12.9. The first kappa shape index (κ1) is 23.5. The zero-order valence-electron chi connectivity index (χ0n) is 18.0. The second kappa shape index (κ2) is 10.2. The minimum Gasteiger partial charge on any atom is -0.444 e. The van der Waals surface area contributed by atoms with Gasteiger partial charge in [-0.3, -0.25) is 4.90 Å². The highest BCUT2D eigenvalue weighted by Crippen LogP contribution is 2.19. The standard InChI is InChI=1S/C22H34N2O4/c1-8-12-17(23-19(25)27-21(2,3)4)15-16-24(18-13-10-9-11-14-18)20(26)28-22(5,6)7/h8-11,13-14,17H,1,12,15-16H2,2-7H3,(H,23,25). The van der Waals surface area contributed by atoms with Crippen LogP contribution in [-0.2, 0) is 9.47 Å². The Hall–Kier alpha value is -2.50. The van der Waals surface area contributed by atoms with Crippen molar-refractivity contribution in [1.29, 1.82) is 0 Å². The summed E-state index contributed by atoms with van der Waals surface area (Å²) in [7, 11) is 0. The number of rotatable bonds is 7. The van der Waals surface area contributed by atoms with Crippen LogP contribution in [0.3, 0.4) is 0 Å². The summed E-state index contributed by atoms with van der Waals surface area (Å²) in [6.45, 7) is 15.1. The van der Waals surface area contributed by atoms with Gasteiger partial charge in [-0.25, -0.2) is 9.59 Å². The van der Waals surface area contributed by atoms with Crippen LogP contribution in [0.25, 0.3) is 0 Å². The molecule has 1 N–H and O–H groups in total. The number of hydrogen-bond donors (Lipinski definition) is 1. The third-order valence-corrected chi connectivity index (χ3v) is 3.55. The average molecular weight is 391 g/mol. The van der Waals surface area contributed by atoms with E-state index in [1.54, 1.807) is 11.0 Å². The minimum atomic E-state index is -0.598. The van der Waals surface area contributed by atoms with Crippen molar-refractivity contribution in [2.24, 2.45) is 0 Å². The van der Waals surface area contributed by atoms with E-state index in [0.717, 1.165) is 5.69 Å². The molecule has 0 spiro atoms. The molecular formula is C22H34N2O4. The van der Waals surface area contributed by atoms with Crippen molar-refractivity contribution in [3.05, 3.63) is 43.0 Å². The maximum absolute atomic E-state index is 12.7. The molecule has 0 radical (unpaired) electrons. The molecule has 0 aliphatic carbocycles. The summed E-state index contributed by atoms with van der Waals surface area (Å²) < 4.78 is 10.9. The fourth-order valence-corrected chi connectivity index (χ4v) is 2.46. The summed E-state index contributed by atoms with van der Waals surface area (Å²) in [4.78, 5) is 26.4. The lowest BCUT2D eigenvalue weighted by Crippen LogP contribution is -2.43. The first-order valence-corrected chi connectivity index (χ1v) is 9.57. The van der Waals surface area contributed by atoms with Crippen molar-refractivity contribution in [1.82, 2.24) is 5.32 Å². The Morgan fingerprint density at radius 3 is 2.14 bits per heavy atom. The SMILES string of the molecule is C=CCC(CCN(C(=O)OC(C)(C)C)c1ccccc1)NC(=O)OC(C)(C)C. The highest BCUT2D eigenvalue weighted by molar-refractivity contribution is 5.87. The van der Waals surface area contributed by atoms with Crippen LogP contribution in [0.5, 0.6) is 0 Å². The summed E-state index contributed by atoms with van der Waals surface area (Å²) in [5.41, 5.74) is -0.430. The number of carbonyl (C=O) groups excluding carboxylic acids is 2. The molecule has 0 saturated heterocycles. The number of amides is 2. The molecule has 0 saturated carbocycles. The van der Waals surface area contributed by atoms with Gasteiger partial charge in [-0.1, -0.05) is 24.3 Å². The van der Waals surface area contributed by atoms with Crippen LogP contribution in [0.15, 0.2) is 43.0 Å². The molecule has 0 aromatic heterocycles. The van der Waals surface area contributed by atoms with Crippen LogP contribution in [0.4, 0.5) is 15.3 Å². The smallest absolute Gasteiger partial charge is 0.414 e. The number of nitrogens with zero attached hydrogens (tertiary/aromatic N) is 1. The molecule has 28 heavy (non-hydrogen) atoms. The Morgan fingerprint density at radius 2 is 1.64 bits per heavy atom. The Morgan fingerprint density at radius 1 is 1.07 bits per heavy atom. The summed E-state index contributed by atoms with van der Waals surface area (Å²) in [6, 6.07) is 9.13. The number of benzene rings is 1. The summed E-state index contributed by atoms with van der Waals surface area (Å²) in [5, 5.41) is 2.86. The van der Waals surface area contributed by atoms with Crippen LogP contribution >= 0.6 is 0 Å². The van der Waals surface area contributed by atoms with E-state index < -0.39 is 23.4 Å². The van der Waals surface area contributed by atoms with E-state index in [0.29, 0.717) is 19.4 Å². The molecular weight excluding hydrogens is 356 g/mol. The number of anilines is 1. The molecule has 1 aromatic rings. The van der Waals surface area contributed by atoms with Crippen LogP contribution < -0.4 is 10.2 Å². The third kappa shape index (κ3) is 9.44. The highest BCUT2D eigenvalue weighted by atomic mass is 16.6. The van der Waals surface area contributed by atoms with Gasteiger partial charge in [-0.05, 0) is 66.5 Å². The second-order valence-electron chi connectivity index (χ2n) is 8.62. The maximum Gasteiger partial charge on any atom is 0.414 e. The summed E-state index contributed by atoms with van der Waals surface area (Å²) in [5.74, 6) is 0. The molecule has 1 aromatic carbocycles. The molecule has 0 aliphatic heterocycles. The van der Waals surface area contributed by atoms with Crippen LogP contribution in [0.1, 0.15) is 54.4 Å². The Bertz CT molecular complexity index is 645. The van der Waals surface area contributed by atoms with Gasteiger partial charge in [0.25, 0.3) is 0 Å². The number of nitrogens with one attached hydrogen (secondary N) is 1. The molecule has 0 bridgehead atoms. The average Bonchev–Trinajstić information content (AvgIpc) is 2.52. The zero-order valence-corrected chi connectivity index (χ0v) is 18.0. The topological polar surface area (TPSA) is 67.9 Å². The number of ether oxygens (including phenoxy) is 2. The van der Waals surface area contributed by atoms with E-state index in [9.17, 15) is 9.59 Å². The lowest BCUT2D eigenvalue weighted by atomic mass is 10.1. The first-order valence-electron chi connectivity index (χ1n) is 9.57. The van der Waals surface area contributed by atoms with E-state index in [-0.39, 0.29) is 6.04 Å². The van der Waals surface area contributed by atoms with Crippen LogP contribution in [0, 0.1) is 0 Å². The van der Waals surface area contributed by atoms with Gasteiger partial charge in [0.05, 0.1) is 0 Å². The van der Waals surface area contributed by atoms with Crippen LogP contribution in [0.2, 0.25) is 0 Å². The minimum absolute atomic E-state index is 0.207. The summed E-state index contributed by atoms with van der Waals surface area (Å²) in [6.07, 6.45) is 1.93. The van der Waals surface area contributed by atoms with Gasteiger partial charge in [0.15, 0.2) is 0 Å². The molecule has 1 rings (SSSR count). The molecule has 1 unspecified atom stereocenters. The third-order valence-electron chi connectivity index (χ3n) is 3.55. The number of alkyl carbamates (subject to hydrolysis) is 1. The van der Waals surface area contributed by atoms with E-state index in [4.69, 9.17) is 9.47 Å². The van der Waals surface area contributed by atoms with Gasteiger partial charge in [0.2, 0.25) is 0 Å². The molecule has 6 nitrogen and oxygen atoms in total. The molecule has 156 valence electrons. The van der Waals surface area contributed by atoms with Gasteiger partial charge in [0, 0.05) is 18.3 Å². The number of para-hydroxylation sites is 1. The highest BCUT2D eigenvalue weighted by Gasteiger charge is 2.25. The van der Waals surface area contributed by atoms with Crippen molar-refractivity contribution < 1.29 is 19.1 Å². The van der Waals surface area contributed by atoms with Crippen molar-refractivity contribution in [3.8, 4) is 0 Å². The van der Waals surface area contributed by atoms with Gasteiger partial charge in [-0.15, -0.1) is 6.58 Å². The predicted molar refractivity (Wildman–Crippen MR) is 113 cm³/mol. The molecule has 0 heterocycles. The monoisotopic (exact) mass is 390 g/mol. The van der Waals surface area contributed by atoms with Crippen molar-refractivity contribution in [3.63, 3.8) is 0 Å². The van der Waals surface area contributed by atoms with E-state index in [1.807, 2.05) is 71.9 Å². The maximum atomic E-state index is 12.7. The fraction of sp³-hybridized carbons (Fsp3) is 0.545. The van der Waals surface area contributed by atoms with Crippen molar-refractivity contribution >= 4 is 17.9 Å². The van der Waals surface area contributed by atoms with Gasteiger partial charge in [-0.2, -0.15) is 0 Å². The van der Waals surface area contributed by atoms with E-state index in [1.165, 1.54) is 0 Å². The van der Waals surface area contributed by atoms with Gasteiger partial charge >= 0.3 is 12.2 Å². The quantitative estimate of drug-likeness (QED) is 0.643. The normalized spacial score (nSPS) is 12.6. The largest absolute Gasteiger partial charge is 0.444 e. The molecule has 2 amide bonds. The Balaban J connectivity index is 2.86. The molecule has 6 heteroatoms.